The van der Waals surface area contributed by atoms with Crippen LogP contribution >= 0.6 is 39.0 Å². The van der Waals surface area contributed by atoms with Crippen LogP contribution in [0.25, 0.3) is 15.9 Å². The zero-order valence-corrected chi connectivity index (χ0v) is 16.2. The number of thiazole rings is 1. The number of nitro benzene ring substituents is 1. The lowest BCUT2D eigenvalue weighted by molar-refractivity contribution is -0.384. The molecule has 3 aromatic heterocycles. The van der Waals surface area contributed by atoms with E-state index in [-0.39, 0.29) is 5.69 Å². The summed E-state index contributed by atoms with van der Waals surface area (Å²) in [5.41, 5.74) is 3.69. The molecule has 25 heavy (non-hydrogen) atoms. The van der Waals surface area contributed by atoms with E-state index in [9.17, 15) is 10.1 Å². The quantitative estimate of drug-likeness (QED) is 0.250. The Morgan fingerprint density at radius 2 is 2.16 bits per heavy atom. The molecule has 0 atom stereocenters. The van der Waals surface area contributed by atoms with Gasteiger partial charge in [-0.05, 0) is 41.1 Å². The topological polar surface area (TPSA) is 73.3 Å². The minimum atomic E-state index is -0.401. The maximum Gasteiger partial charge on any atom is 0.271 e. The Bertz CT molecular complexity index is 1120. The van der Waals surface area contributed by atoms with Crippen molar-refractivity contribution >= 4 is 60.6 Å². The Kier molecular flexibility index (Phi) is 4.22. The third kappa shape index (κ3) is 3.03. The molecular weight excluding hydrogens is 424 g/mol. The number of thioether (sulfide) groups is 1. The number of halogens is 1. The maximum absolute atomic E-state index is 10.9. The summed E-state index contributed by atoms with van der Waals surface area (Å²) in [6.45, 7) is 2.04. The minimum absolute atomic E-state index is 0.0629. The molecule has 0 aliphatic rings. The lowest BCUT2D eigenvalue weighted by Gasteiger charge is -2.00. The predicted molar refractivity (Wildman–Crippen MR) is 103 cm³/mol. The predicted octanol–water partition coefficient (Wildman–Crippen LogP) is 5.22. The summed E-state index contributed by atoms with van der Waals surface area (Å²) in [6.07, 6.45) is 0. The molecule has 0 saturated heterocycles. The number of pyridine rings is 1. The van der Waals surface area contributed by atoms with Crippen LogP contribution in [-0.4, -0.2) is 19.3 Å². The van der Waals surface area contributed by atoms with Gasteiger partial charge in [0.25, 0.3) is 5.69 Å². The molecule has 9 heteroatoms. The molecule has 0 radical (unpaired) electrons. The second kappa shape index (κ2) is 6.40. The number of nitrogens with zero attached hydrogens (tertiary/aromatic N) is 4. The summed E-state index contributed by atoms with van der Waals surface area (Å²) >= 11 is 6.74. The van der Waals surface area contributed by atoms with Gasteiger partial charge in [0.2, 0.25) is 0 Å². The van der Waals surface area contributed by atoms with E-state index in [2.05, 4.69) is 30.3 Å². The van der Waals surface area contributed by atoms with Crippen molar-refractivity contribution in [2.45, 2.75) is 17.0 Å². The lowest BCUT2D eigenvalue weighted by atomic mass is 10.3. The average Bonchev–Trinajstić information content (AvgIpc) is 3.13. The van der Waals surface area contributed by atoms with Crippen LogP contribution in [-0.2, 0) is 5.75 Å². The zero-order chi connectivity index (χ0) is 17.6. The fourth-order valence-corrected chi connectivity index (χ4v) is 5.41. The molecule has 0 bridgehead atoms. The molecule has 0 N–H and O–H groups in total. The van der Waals surface area contributed by atoms with Crippen LogP contribution in [0, 0.1) is 17.0 Å². The van der Waals surface area contributed by atoms with Gasteiger partial charge < -0.3 is 0 Å². The average molecular weight is 435 g/mol. The first kappa shape index (κ1) is 16.5. The first-order chi connectivity index (χ1) is 12.0. The summed E-state index contributed by atoms with van der Waals surface area (Å²) in [6, 6.07) is 10.8. The van der Waals surface area contributed by atoms with Crippen molar-refractivity contribution in [2.75, 3.05) is 0 Å². The first-order valence-electron chi connectivity index (χ1n) is 7.33. The van der Waals surface area contributed by atoms with E-state index in [4.69, 9.17) is 0 Å². The molecule has 4 rings (SSSR count). The van der Waals surface area contributed by atoms with Gasteiger partial charge in [-0.3, -0.25) is 14.5 Å². The number of aromatic nitrogens is 3. The first-order valence-corrected chi connectivity index (χ1v) is 9.92. The molecule has 0 aliphatic heterocycles. The van der Waals surface area contributed by atoms with E-state index in [0.717, 1.165) is 30.7 Å². The highest BCUT2D eigenvalue weighted by Crippen LogP contribution is 2.34. The number of non-ortho nitro benzene ring substituents is 1. The summed E-state index contributed by atoms with van der Waals surface area (Å²) < 4.78 is 4.83. The van der Waals surface area contributed by atoms with E-state index in [1.807, 2.05) is 25.1 Å². The largest absolute Gasteiger partial charge is 0.291 e. The van der Waals surface area contributed by atoms with Crippen LogP contribution in [0.5, 0.6) is 0 Å². The summed E-state index contributed by atoms with van der Waals surface area (Å²) in [5, 5.41) is 10.9. The van der Waals surface area contributed by atoms with E-state index < -0.39 is 4.92 Å². The Morgan fingerprint density at radius 3 is 2.92 bits per heavy atom. The molecule has 1 aromatic carbocycles. The normalized spacial score (nSPS) is 11.4. The van der Waals surface area contributed by atoms with E-state index in [0.29, 0.717) is 11.3 Å². The number of fused-ring (bicyclic) bond motifs is 2. The molecule has 126 valence electrons. The van der Waals surface area contributed by atoms with Crippen molar-refractivity contribution < 1.29 is 4.92 Å². The van der Waals surface area contributed by atoms with Crippen LogP contribution < -0.4 is 0 Å². The summed E-state index contributed by atoms with van der Waals surface area (Å²) in [7, 11) is 0. The van der Waals surface area contributed by atoms with Crippen molar-refractivity contribution in [2.24, 2.45) is 0 Å². The highest BCUT2D eigenvalue weighted by atomic mass is 79.9. The number of nitro groups is 1. The highest BCUT2D eigenvalue weighted by molar-refractivity contribution is 9.10. The fourth-order valence-electron chi connectivity index (χ4n) is 2.55. The highest BCUT2D eigenvalue weighted by Gasteiger charge is 2.14. The van der Waals surface area contributed by atoms with Gasteiger partial charge in [-0.15, -0.1) is 11.3 Å². The molecule has 6 nitrogen and oxygen atoms in total. The van der Waals surface area contributed by atoms with Gasteiger partial charge in [-0.2, -0.15) is 0 Å². The number of aryl methyl sites for hydroxylation is 1. The standard InChI is InChI=1S/C16H11BrN4O2S2/c1-9-3-2-4-14-18-12(15(17)20(9)14)8-24-16-19-11-7-10(21(22)23)5-6-13(11)25-16/h2-7H,8H2,1H3. The van der Waals surface area contributed by atoms with Crippen molar-refractivity contribution in [3.63, 3.8) is 0 Å². The molecule has 0 fully saturated rings. The molecule has 0 aliphatic carbocycles. The van der Waals surface area contributed by atoms with Crippen LogP contribution in [0.2, 0.25) is 0 Å². The molecular formula is C16H11BrN4O2S2. The van der Waals surface area contributed by atoms with Gasteiger partial charge >= 0.3 is 0 Å². The van der Waals surface area contributed by atoms with E-state index in [1.54, 1.807) is 17.8 Å². The van der Waals surface area contributed by atoms with Crippen LogP contribution in [0.3, 0.4) is 0 Å². The molecule has 0 saturated carbocycles. The SMILES string of the molecule is Cc1cccc2nc(CSc3nc4cc([N+](=O)[O-])ccc4s3)c(Br)n12. The van der Waals surface area contributed by atoms with Crippen molar-refractivity contribution in [1.82, 2.24) is 14.4 Å². The Morgan fingerprint density at radius 1 is 1.32 bits per heavy atom. The van der Waals surface area contributed by atoms with Crippen molar-refractivity contribution in [3.05, 3.63) is 62.5 Å². The molecule has 3 heterocycles. The third-order valence-electron chi connectivity index (χ3n) is 3.74. The van der Waals surface area contributed by atoms with E-state index >= 15 is 0 Å². The van der Waals surface area contributed by atoms with Crippen molar-refractivity contribution in [1.29, 1.82) is 0 Å². The smallest absolute Gasteiger partial charge is 0.271 e. The fraction of sp³-hybridized carbons (Fsp3) is 0.125. The number of hydrogen-bond acceptors (Lipinski definition) is 6. The van der Waals surface area contributed by atoms with Gasteiger partial charge in [0.05, 0.1) is 20.8 Å². The minimum Gasteiger partial charge on any atom is -0.291 e. The zero-order valence-electron chi connectivity index (χ0n) is 13.0. The Balaban J connectivity index is 1.61. The molecule has 0 unspecified atom stereocenters. The lowest BCUT2D eigenvalue weighted by Crippen LogP contribution is -1.90. The monoisotopic (exact) mass is 434 g/mol. The van der Waals surface area contributed by atoms with Gasteiger partial charge in [-0.25, -0.2) is 9.97 Å². The van der Waals surface area contributed by atoms with Crippen LogP contribution in [0.1, 0.15) is 11.4 Å². The molecule has 0 amide bonds. The van der Waals surface area contributed by atoms with Gasteiger partial charge in [0.1, 0.15) is 10.3 Å². The van der Waals surface area contributed by atoms with Gasteiger partial charge in [0.15, 0.2) is 4.34 Å². The van der Waals surface area contributed by atoms with Crippen LogP contribution in [0.15, 0.2) is 45.3 Å². The second-order valence-corrected chi connectivity index (χ2v) is 8.39. The van der Waals surface area contributed by atoms with Gasteiger partial charge in [0, 0.05) is 23.6 Å². The molecule has 4 aromatic rings. The van der Waals surface area contributed by atoms with Crippen LogP contribution in [0.4, 0.5) is 5.69 Å². The number of rotatable bonds is 4. The second-order valence-electron chi connectivity index (χ2n) is 5.39. The summed E-state index contributed by atoms with van der Waals surface area (Å²) in [4.78, 5) is 19.6. The number of hydrogen-bond donors (Lipinski definition) is 0. The summed E-state index contributed by atoms with van der Waals surface area (Å²) in [5.74, 6) is 0.670. The Labute approximate surface area is 159 Å². The third-order valence-corrected chi connectivity index (χ3v) is 6.75. The maximum atomic E-state index is 10.9. The number of imidazole rings is 1. The van der Waals surface area contributed by atoms with E-state index in [1.165, 1.54) is 23.5 Å². The van der Waals surface area contributed by atoms with Crippen molar-refractivity contribution in [3.8, 4) is 0 Å². The Hall–Kier alpha value is -1.97. The molecule has 0 spiro atoms. The number of benzene rings is 1. The van der Waals surface area contributed by atoms with Gasteiger partial charge in [-0.1, -0.05) is 17.8 Å².